The Labute approximate surface area is 104 Å². The lowest BCUT2D eigenvalue weighted by Gasteiger charge is -2.37. The van der Waals surface area contributed by atoms with E-state index in [0.29, 0.717) is 6.04 Å². The maximum atomic E-state index is 4.08. The predicted molar refractivity (Wildman–Crippen MR) is 72.3 cm³/mol. The summed E-state index contributed by atoms with van der Waals surface area (Å²) < 4.78 is 0. The summed E-state index contributed by atoms with van der Waals surface area (Å²) in [5.41, 5.74) is 1.31. The first-order valence-corrected chi connectivity index (χ1v) is 6.69. The molecule has 1 aliphatic heterocycles. The van der Waals surface area contributed by atoms with Crippen LogP contribution in [-0.2, 0) is 0 Å². The molecule has 0 aromatic carbocycles. The molecule has 2 unspecified atom stereocenters. The van der Waals surface area contributed by atoms with E-state index in [0.717, 1.165) is 19.0 Å². The van der Waals surface area contributed by atoms with Gasteiger partial charge in [-0.05, 0) is 44.4 Å². The van der Waals surface area contributed by atoms with Crippen molar-refractivity contribution in [3.05, 3.63) is 24.5 Å². The van der Waals surface area contributed by atoms with E-state index in [1.54, 1.807) is 0 Å². The third-order valence-electron chi connectivity index (χ3n) is 3.72. The van der Waals surface area contributed by atoms with Crippen LogP contribution in [0.3, 0.4) is 0 Å². The molecular formula is C14H23N3. The van der Waals surface area contributed by atoms with Gasteiger partial charge in [0.05, 0.1) is 0 Å². The third kappa shape index (κ3) is 3.19. The van der Waals surface area contributed by atoms with Crippen molar-refractivity contribution in [2.24, 2.45) is 5.92 Å². The van der Waals surface area contributed by atoms with Gasteiger partial charge in [0.2, 0.25) is 0 Å². The van der Waals surface area contributed by atoms with Gasteiger partial charge < -0.3 is 10.2 Å². The molecule has 1 aromatic rings. The van der Waals surface area contributed by atoms with Crippen LogP contribution in [0.15, 0.2) is 24.5 Å². The highest BCUT2D eigenvalue weighted by molar-refractivity contribution is 5.45. The third-order valence-corrected chi connectivity index (χ3v) is 3.72. The highest BCUT2D eigenvalue weighted by Gasteiger charge is 2.24. The maximum absolute atomic E-state index is 4.08. The minimum absolute atomic E-state index is 0.615. The number of nitrogens with one attached hydrogen (secondary N) is 1. The summed E-state index contributed by atoms with van der Waals surface area (Å²) >= 11 is 0. The first kappa shape index (κ1) is 12.4. The Morgan fingerprint density at radius 3 is 2.94 bits per heavy atom. The largest absolute Gasteiger partial charge is 0.371 e. The van der Waals surface area contributed by atoms with E-state index in [9.17, 15) is 0 Å². The van der Waals surface area contributed by atoms with E-state index in [4.69, 9.17) is 0 Å². The molecule has 2 atom stereocenters. The van der Waals surface area contributed by atoms with Gasteiger partial charge in [0.25, 0.3) is 0 Å². The minimum atomic E-state index is 0.615. The quantitative estimate of drug-likeness (QED) is 0.865. The number of piperidine rings is 1. The average molecular weight is 233 g/mol. The molecular weight excluding hydrogens is 210 g/mol. The van der Waals surface area contributed by atoms with E-state index in [1.807, 2.05) is 12.4 Å². The fourth-order valence-electron chi connectivity index (χ4n) is 2.70. The minimum Gasteiger partial charge on any atom is -0.371 e. The van der Waals surface area contributed by atoms with E-state index in [2.05, 4.69) is 41.2 Å². The van der Waals surface area contributed by atoms with Crippen LogP contribution in [-0.4, -0.2) is 30.7 Å². The molecule has 94 valence electrons. The zero-order valence-electron chi connectivity index (χ0n) is 10.9. The van der Waals surface area contributed by atoms with Crippen molar-refractivity contribution in [2.45, 2.75) is 32.7 Å². The van der Waals surface area contributed by atoms with Crippen LogP contribution in [0.1, 0.15) is 26.7 Å². The van der Waals surface area contributed by atoms with Gasteiger partial charge in [-0.3, -0.25) is 4.98 Å². The van der Waals surface area contributed by atoms with Gasteiger partial charge >= 0.3 is 0 Å². The van der Waals surface area contributed by atoms with Crippen molar-refractivity contribution in [1.82, 2.24) is 10.3 Å². The fourth-order valence-corrected chi connectivity index (χ4v) is 2.70. The lowest BCUT2D eigenvalue weighted by Crippen LogP contribution is -2.44. The van der Waals surface area contributed by atoms with Crippen LogP contribution in [0, 0.1) is 5.92 Å². The molecule has 2 heterocycles. The second-order valence-electron chi connectivity index (χ2n) is 4.90. The molecule has 0 spiro atoms. The lowest BCUT2D eigenvalue weighted by molar-refractivity contribution is 0.324. The van der Waals surface area contributed by atoms with E-state index < -0.39 is 0 Å². The normalized spacial score (nSPS) is 22.5. The number of nitrogens with zero attached hydrogens (tertiary/aromatic N) is 2. The monoisotopic (exact) mass is 233 g/mol. The standard InChI is InChI=1S/C14H23N3/c1-3-16-12(2)13-5-4-10-17(11-13)14-6-8-15-9-7-14/h6-9,12-13,16H,3-5,10-11H2,1-2H3. The summed E-state index contributed by atoms with van der Waals surface area (Å²) in [7, 11) is 0. The molecule has 0 radical (unpaired) electrons. The molecule has 0 aliphatic carbocycles. The van der Waals surface area contributed by atoms with Gasteiger partial charge in [0, 0.05) is 37.2 Å². The van der Waals surface area contributed by atoms with Crippen LogP contribution in [0.25, 0.3) is 0 Å². The summed E-state index contributed by atoms with van der Waals surface area (Å²) in [6, 6.07) is 4.84. The fraction of sp³-hybridized carbons (Fsp3) is 0.643. The van der Waals surface area contributed by atoms with Crippen molar-refractivity contribution in [2.75, 3.05) is 24.5 Å². The first-order valence-electron chi connectivity index (χ1n) is 6.69. The summed E-state index contributed by atoms with van der Waals surface area (Å²) in [6.45, 7) is 7.90. The molecule has 1 N–H and O–H groups in total. The van der Waals surface area contributed by atoms with Crippen LogP contribution in [0.2, 0.25) is 0 Å². The topological polar surface area (TPSA) is 28.2 Å². The maximum Gasteiger partial charge on any atom is 0.0397 e. The Morgan fingerprint density at radius 2 is 2.24 bits per heavy atom. The Kier molecular flexibility index (Phi) is 4.37. The van der Waals surface area contributed by atoms with Gasteiger partial charge in [0.15, 0.2) is 0 Å². The van der Waals surface area contributed by atoms with Crippen LogP contribution in [0.5, 0.6) is 0 Å². The highest BCUT2D eigenvalue weighted by atomic mass is 15.1. The molecule has 1 aromatic heterocycles. The molecule has 1 aliphatic rings. The zero-order chi connectivity index (χ0) is 12.1. The van der Waals surface area contributed by atoms with Gasteiger partial charge in [0.1, 0.15) is 0 Å². The summed E-state index contributed by atoms with van der Waals surface area (Å²) in [6.07, 6.45) is 6.40. The number of rotatable bonds is 4. The Hall–Kier alpha value is -1.09. The summed E-state index contributed by atoms with van der Waals surface area (Å²) in [5.74, 6) is 0.761. The molecule has 0 amide bonds. The van der Waals surface area contributed by atoms with Crippen molar-refractivity contribution in [3.63, 3.8) is 0 Å². The lowest BCUT2D eigenvalue weighted by atomic mass is 9.91. The van der Waals surface area contributed by atoms with Crippen molar-refractivity contribution < 1.29 is 0 Å². The Morgan fingerprint density at radius 1 is 1.47 bits per heavy atom. The summed E-state index contributed by atoms with van der Waals surface area (Å²) in [5, 5.41) is 3.55. The van der Waals surface area contributed by atoms with Crippen molar-refractivity contribution in [3.8, 4) is 0 Å². The van der Waals surface area contributed by atoms with Crippen LogP contribution >= 0.6 is 0 Å². The first-order chi connectivity index (χ1) is 8.31. The second-order valence-corrected chi connectivity index (χ2v) is 4.90. The Bertz CT molecular complexity index is 325. The number of aromatic nitrogens is 1. The van der Waals surface area contributed by atoms with E-state index in [-0.39, 0.29) is 0 Å². The summed E-state index contributed by atoms with van der Waals surface area (Å²) in [4.78, 5) is 6.57. The zero-order valence-corrected chi connectivity index (χ0v) is 10.9. The number of hydrogen-bond acceptors (Lipinski definition) is 3. The SMILES string of the molecule is CCNC(C)C1CCCN(c2ccncc2)C1. The number of anilines is 1. The average Bonchev–Trinajstić information content (AvgIpc) is 2.40. The van der Waals surface area contributed by atoms with Crippen molar-refractivity contribution >= 4 is 5.69 Å². The molecule has 3 heteroatoms. The molecule has 0 bridgehead atoms. The molecule has 3 nitrogen and oxygen atoms in total. The van der Waals surface area contributed by atoms with Crippen LogP contribution in [0.4, 0.5) is 5.69 Å². The molecule has 17 heavy (non-hydrogen) atoms. The highest BCUT2D eigenvalue weighted by Crippen LogP contribution is 2.24. The van der Waals surface area contributed by atoms with E-state index >= 15 is 0 Å². The molecule has 1 fully saturated rings. The molecule has 2 rings (SSSR count). The van der Waals surface area contributed by atoms with Gasteiger partial charge in [-0.15, -0.1) is 0 Å². The van der Waals surface area contributed by atoms with Gasteiger partial charge in [-0.25, -0.2) is 0 Å². The molecule has 1 saturated heterocycles. The molecule has 0 saturated carbocycles. The smallest absolute Gasteiger partial charge is 0.0397 e. The van der Waals surface area contributed by atoms with Gasteiger partial charge in [-0.2, -0.15) is 0 Å². The van der Waals surface area contributed by atoms with Crippen molar-refractivity contribution in [1.29, 1.82) is 0 Å². The predicted octanol–water partition coefficient (Wildman–Crippen LogP) is 2.30. The Balaban J connectivity index is 1.97. The number of pyridine rings is 1. The van der Waals surface area contributed by atoms with E-state index in [1.165, 1.54) is 25.1 Å². The second kappa shape index (κ2) is 6.01. The van der Waals surface area contributed by atoms with Crippen LogP contribution < -0.4 is 10.2 Å². The van der Waals surface area contributed by atoms with Gasteiger partial charge in [-0.1, -0.05) is 6.92 Å². The number of hydrogen-bond donors (Lipinski definition) is 1.